The Balaban J connectivity index is 2.50. The van der Waals surface area contributed by atoms with Gasteiger partial charge in [-0.3, -0.25) is 0 Å². The number of rotatable bonds is 1. The highest BCUT2D eigenvalue weighted by Crippen LogP contribution is 2.30. The SMILES string of the molecule is COc1nc(Cl)nc2c1CSCC2. The normalized spacial score (nSPS) is 15.2. The zero-order chi connectivity index (χ0) is 9.26. The molecule has 3 nitrogen and oxygen atoms in total. The van der Waals surface area contributed by atoms with E-state index in [1.807, 2.05) is 11.8 Å². The van der Waals surface area contributed by atoms with E-state index < -0.39 is 0 Å². The quantitative estimate of drug-likeness (QED) is 0.672. The van der Waals surface area contributed by atoms with Crippen molar-refractivity contribution >= 4 is 23.4 Å². The maximum atomic E-state index is 5.75. The topological polar surface area (TPSA) is 35.0 Å². The summed E-state index contributed by atoms with van der Waals surface area (Å²) in [5, 5.41) is 0.280. The second-order valence-electron chi connectivity index (χ2n) is 2.73. The van der Waals surface area contributed by atoms with Crippen molar-refractivity contribution in [1.29, 1.82) is 0 Å². The lowest BCUT2D eigenvalue weighted by molar-refractivity contribution is 0.392. The third kappa shape index (κ3) is 1.74. The Kier molecular flexibility index (Phi) is 2.60. The van der Waals surface area contributed by atoms with Gasteiger partial charge in [-0.1, -0.05) is 0 Å². The largest absolute Gasteiger partial charge is 0.481 e. The smallest absolute Gasteiger partial charge is 0.225 e. The Labute approximate surface area is 85.9 Å². The number of fused-ring (bicyclic) bond motifs is 1. The van der Waals surface area contributed by atoms with Crippen molar-refractivity contribution in [2.45, 2.75) is 12.2 Å². The van der Waals surface area contributed by atoms with E-state index >= 15 is 0 Å². The van der Waals surface area contributed by atoms with E-state index in [4.69, 9.17) is 16.3 Å². The second-order valence-corrected chi connectivity index (χ2v) is 4.17. The number of methoxy groups -OCH3 is 1. The van der Waals surface area contributed by atoms with Crippen LogP contribution in [0.1, 0.15) is 11.3 Å². The zero-order valence-electron chi connectivity index (χ0n) is 7.21. The van der Waals surface area contributed by atoms with Gasteiger partial charge in [0.2, 0.25) is 11.2 Å². The van der Waals surface area contributed by atoms with Crippen LogP contribution >= 0.6 is 23.4 Å². The molecule has 0 radical (unpaired) electrons. The van der Waals surface area contributed by atoms with Crippen molar-refractivity contribution in [3.05, 3.63) is 16.5 Å². The molecular formula is C8H9ClN2OS. The van der Waals surface area contributed by atoms with Crippen molar-refractivity contribution in [1.82, 2.24) is 9.97 Å². The summed E-state index contributed by atoms with van der Waals surface area (Å²) < 4.78 is 5.14. The Morgan fingerprint density at radius 1 is 1.46 bits per heavy atom. The number of hydrogen-bond acceptors (Lipinski definition) is 4. The highest BCUT2D eigenvalue weighted by Gasteiger charge is 2.17. The summed E-state index contributed by atoms with van der Waals surface area (Å²) in [7, 11) is 1.61. The third-order valence-corrected chi connectivity index (χ3v) is 3.11. The van der Waals surface area contributed by atoms with Gasteiger partial charge in [0, 0.05) is 11.3 Å². The van der Waals surface area contributed by atoms with Gasteiger partial charge in [-0.05, 0) is 23.8 Å². The lowest BCUT2D eigenvalue weighted by Crippen LogP contribution is -2.09. The van der Waals surface area contributed by atoms with E-state index in [0.29, 0.717) is 5.88 Å². The van der Waals surface area contributed by atoms with Crippen LogP contribution in [0.25, 0.3) is 0 Å². The lowest BCUT2D eigenvalue weighted by atomic mass is 10.2. The fraction of sp³-hybridized carbons (Fsp3) is 0.500. The van der Waals surface area contributed by atoms with Crippen molar-refractivity contribution < 1.29 is 4.74 Å². The molecule has 0 atom stereocenters. The van der Waals surface area contributed by atoms with Crippen molar-refractivity contribution in [3.63, 3.8) is 0 Å². The van der Waals surface area contributed by atoms with Crippen molar-refractivity contribution in [2.75, 3.05) is 12.9 Å². The summed E-state index contributed by atoms with van der Waals surface area (Å²) in [6, 6.07) is 0. The molecule has 5 heteroatoms. The summed E-state index contributed by atoms with van der Waals surface area (Å²) in [6.45, 7) is 0. The molecule has 13 heavy (non-hydrogen) atoms. The second kappa shape index (κ2) is 3.72. The van der Waals surface area contributed by atoms with Crippen LogP contribution in [-0.2, 0) is 12.2 Å². The average Bonchev–Trinajstić information content (AvgIpc) is 2.16. The maximum absolute atomic E-state index is 5.75. The minimum Gasteiger partial charge on any atom is -0.481 e. The Morgan fingerprint density at radius 3 is 3.08 bits per heavy atom. The van der Waals surface area contributed by atoms with Crippen LogP contribution in [0.5, 0.6) is 5.88 Å². The summed E-state index contributed by atoms with van der Waals surface area (Å²) in [4.78, 5) is 8.21. The van der Waals surface area contributed by atoms with Gasteiger partial charge < -0.3 is 4.74 Å². The number of thioether (sulfide) groups is 1. The minimum absolute atomic E-state index is 0.280. The fourth-order valence-electron chi connectivity index (χ4n) is 1.34. The predicted octanol–water partition coefficient (Wildman–Crippen LogP) is 1.93. The Morgan fingerprint density at radius 2 is 2.31 bits per heavy atom. The first-order valence-electron chi connectivity index (χ1n) is 3.98. The van der Waals surface area contributed by atoms with Crippen LogP contribution in [0.15, 0.2) is 0 Å². The van der Waals surface area contributed by atoms with Crippen molar-refractivity contribution in [2.24, 2.45) is 0 Å². The van der Waals surface area contributed by atoms with Crippen molar-refractivity contribution in [3.8, 4) is 5.88 Å². The van der Waals surface area contributed by atoms with Gasteiger partial charge in [0.1, 0.15) is 0 Å². The van der Waals surface area contributed by atoms with Gasteiger partial charge in [-0.2, -0.15) is 16.7 Å². The summed E-state index contributed by atoms with van der Waals surface area (Å²) in [5.74, 6) is 2.65. The van der Waals surface area contributed by atoms with E-state index in [1.54, 1.807) is 7.11 Å². The van der Waals surface area contributed by atoms with E-state index in [1.165, 1.54) is 0 Å². The summed E-state index contributed by atoms with van der Waals surface area (Å²) in [6.07, 6.45) is 0.957. The number of aryl methyl sites for hydroxylation is 1. The van der Waals surface area contributed by atoms with E-state index in [2.05, 4.69) is 9.97 Å². The summed E-state index contributed by atoms with van der Waals surface area (Å²) in [5.41, 5.74) is 2.14. The first kappa shape index (κ1) is 9.09. The Hall–Kier alpha value is -0.480. The molecule has 0 fully saturated rings. The molecule has 0 saturated heterocycles. The van der Waals surface area contributed by atoms with Crippen LogP contribution < -0.4 is 4.74 Å². The molecule has 70 valence electrons. The average molecular weight is 217 g/mol. The number of aromatic nitrogens is 2. The molecule has 1 aliphatic rings. The Bertz CT molecular complexity index is 315. The molecule has 2 rings (SSSR count). The number of hydrogen-bond donors (Lipinski definition) is 0. The van der Waals surface area contributed by atoms with E-state index in [0.717, 1.165) is 29.2 Å². The standard InChI is InChI=1S/C8H9ClN2OS/c1-12-7-5-4-13-3-2-6(5)10-8(9)11-7/h2-4H2,1H3. The monoisotopic (exact) mass is 216 g/mol. The van der Waals surface area contributed by atoms with Gasteiger partial charge in [0.25, 0.3) is 0 Å². The first-order chi connectivity index (χ1) is 6.31. The van der Waals surface area contributed by atoms with Gasteiger partial charge in [0.05, 0.1) is 12.8 Å². The van der Waals surface area contributed by atoms with Crippen LogP contribution in [0.4, 0.5) is 0 Å². The molecule has 1 aromatic rings. The number of halogens is 1. The molecular weight excluding hydrogens is 208 g/mol. The molecule has 0 amide bonds. The van der Waals surface area contributed by atoms with Gasteiger partial charge in [-0.25, -0.2) is 4.98 Å². The molecule has 0 unspecified atom stereocenters. The molecule has 1 aliphatic heterocycles. The van der Waals surface area contributed by atoms with Gasteiger partial charge >= 0.3 is 0 Å². The molecule has 0 aliphatic carbocycles. The molecule has 1 aromatic heterocycles. The van der Waals surface area contributed by atoms with Crippen LogP contribution in [0, 0.1) is 0 Å². The van der Waals surface area contributed by atoms with Crippen LogP contribution in [0.2, 0.25) is 5.28 Å². The molecule has 0 N–H and O–H groups in total. The number of ether oxygens (including phenoxy) is 1. The van der Waals surface area contributed by atoms with Gasteiger partial charge in [0.15, 0.2) is 0 Å². The molecule has 0 saturated carbocycles. The van der Waals surface area contributed by atoms with Gasteiger partial charge in [-0.15, -0.1) is 0 Å². The predicted molar refractivity (Wildman–Crippen MR) is 53.5 cm³/mol. The lowest BCUT2D eigenvalue weighted by Gasteiger charge is -2.16. The molecule has 0 spiro atoms. The molecule has 0 aromatic carbocycles. The van der Waals surface area contributed by atoms with E-state index in [9.17, 15) is 0 Å². The fourth-order valence-corrected chi connectivity index (χ4v) is 2.50. The summed E-state index contributed by atoms with van der Waals surface area (Å²) >= 11 is 7.62. The number of nitrogens with zero attached hydrogens (tertiary/aromatic N) is 2. The highest BCUT2D eigenvalue weighted by molar-refractivity contribution is 7.98. The van der Waals surface area contributed by atoms with E-state index in [-0.39, 0.29) is 5.28 Å². The molecule has 0 bridgehead atoms. The minimum atomic E-state index is 0.280. The highest BCUT2D eigenvalue weighted by atomic mass is 35.5. The first-order valence-corrected chi connectivity index (χ1v) is 5.51. The maximum Gasteiger partial charge on any atom is 0.225 e. The van der Waals surface area contributed by atoms with Crippen LogP contribution in [0.3, 0.4) is 0 Å². The third-order valence-electron chi connectivity index (χ3n) is 1.95. The molecule has 2 heterocycles. The zero-order valence-corrected chi connectivity index (χ0v) is 8.78. The van der Waals surface area contributed by atoms with Crippen LogP contribution in [-0.4, -0.2) is 22.8 Å².